The number of piperidine rings is 1. The fourth-order valence-corrected chi connectivity index (χ4v) is 4.50. The second kappa shape index (κ2) is 7.13. The number of carbonyl (C=O) groups excluding carboxylic acids is 1. The van der Waals surface area contributed by atoms with Crippen molar-refractivity contribution in [1.29, 1.82) is 5.41 Å². The number of aryl methyl sites for hydroxylation is 1. The number of rotatable bonds is 3. The summed E-state index contributed by atoms with van der Waals surface area (Å²) in [5.74, 6) is 0.610. The van der Waals surface area contributed by atoms with Crippen LogP contribution >= 0.6 is 23.6 Å². The smallest absolute Gasteiger partial charge is 0.233 e. The van der Waals surface area contributed by atoms with Crippen LogP contribution in [-0.2, 0) is 4.79 Å². The third-order valence-electron chi connectivity index (χ3n) is 4.53. The van der Waals surface area contributed by atoms with Gasteiger partial charge in [-0.2, -0.15) is 0 Å². The lowest BCUT2D eigenvalue weighted by atomic mass is 9.75. The van der Waals surface area contributed by atoms with Crippen molar-refractivity contribution >= 4 is 46.0 Å². The van der Waals surface area contributed by atoms with Crippen LogP contribution in [0, 0.1) is 18.3 Å². The van der Waals surface area contributed by atoms with Crippen LogP contribution in [0.25, 0.3) is 0 Å². The molecule has 4 N–H and O–H groups in total. The molecule has 0 spiro atoms. The summed E-state index contributed by atoms with van der Waals surface area (Å²) in [5, 5.41) is 26.2. The second-order valence-corrected chi connectivity index (χ2v) is 7.80. The van der Waals surface area contributed by atoms with Crippen LogP contribution in [0.1, 0.15) is 23.3 Å². The third-order valence-corrected chi connectivity index (χ3v) is 5.81. The van der Waals surface area contributed by atoms with Gasteiger partial charge in [0.1, 0.15) is 10.7 Å². The fraction of sp³-hybridized carbons (Fsp3) is 0.263. The lowest BCUT2D eigenvalue weighted by Crippen LogP contribution is -2.61. The first-order valence-electron chi connectivity index (χ1n) is 8.09. The average Bonchev–Trinajstić information content (AvgIpc) is 3.09. The van der Waals surface area contributed by atoms with Crippen molar-refractivity contribution in [2.45, 2.75) is 25.5 Å². The Bertz CT molecular complexity index is 899. The monoisotopic (exact) mass is 385 g/mol. The zero-order valence-corrected chi connectivity index (χ0v) is 16.0. The van der Waals surface area contributed by atoms with Gasteiger partial charge in [-0.05, 0) is 42.8 Å². The number of benzene rings is 1. The molecule has 3 atom stereocenters. The van der Waals surface area contributed by atoms with Crippen LogP contribution in [0.3, 0.4) is 0 Å². The van der Waals surface area contributed by atoms with Crippen LogP contribution in [0.15, 0.2) is 47.4 Å². The highest BCUT2D eigenvalue weighted by Gasteiger charge is 2.50. The summed E-state index contributed by atoms with van der Waals surface area (Å²) in [7, 11) is 0. The van der Waals surface area contributed by atoms with Gasteiger partial charge in [-0.25, -0.2) is 0 Å². The molecule has 3 rings (SSSR count). The molecule has 1 aromatic heterocycles. The molecule has 0 saturated carbocycles. The Morgan fingerprint density at radius 2 is 2.12 bits per heavy atom. The number of thiophene rings is 1. The van der Waals surface area contributed by atoms with E-state index in [-0.39, 0.29) is 10.9 Å². The predicted octanol–water partition coefficient (Wildman–Crippen LogP) is 3.21. The Kier molecular flexibility index (Phi) is 5.07. The van der Waals surface area contributed by atoms with Crippen LogP contribution in [0.5, 0.6) is 0 Å². The molecular weight excluding hydrogens is 366 g/mol. The van der Waals surface area contributed by atoms with Gasteiger partial charge in [-0.3, -0.25) is 10.2 Å². The normalized spacial score (nSPS) is 25.3. The van der Waals surface area contributed by atoms with Crippen molar-refractivity contribution in [3.8, 4) is 0 Å². The van der Waals surface area contributed by atoms with E-state index in [4.69, 9.17) is 17.6 Å². The van der Waals surface area contributed by atoms with Gasteiger partial charge in [-0.1, -0.05) is 36.5 Å². The second-order valence-electron chi connectivity index (χ2n) is 6.42. The summed E-state index contributed by atoms with van der Waals surface area (Å²) in [6.45, 7) is 3.43. The Morgan fingerprint density at radius 1 is 1.38 bits per heavy atom. The number of anilines is 1. The number of amides is 1. The van der Waals surface area contributed by atoms with Crippen molar-refractivity contribution in [1.82, 2.24) is 5.32 Å². The highest BCUT2D eigenvalue weighted by Crippen LogP contribution is 2.43. The van der Waals surface area contributed by atoms with Gasteiger partial charge in [0.15, 0.2) is 0 Å². The number of aliphatic hydroxyl groups is 1. The average molecular weight is 386 g/mol. The molecule has 26 heavy (non-hydrogen) atoms. The van der Waals surface area contributed by atoms with Gasteiger partial charge in [0.05, 0.1) is 11.5 Å². The van der Waals surface area contributed by atoms with Crippen molar-refractivity contribution in [3.05, 3.63) is 57.8 Å². The summed E-state index contributed by atoms with van der Waals surface area (Å²) in [6.07, 6.45) is 0. The molecule has 2 aromatic rings. The van der Waals surface area contributed by atoms with E-state index in [0.717, 1.165) is 10.4 Å². The molecule has 1 fully saturated rings. The fourth-order valence-electron chi connectivity index (χ4n) is 3.25. The molecule has 134 valence electrons. The van der Waals surface area contributed by atoms with Gasteiger partial charge >= 0.3 is 0 Å². The molecule has 2 heterocycles. The third kappa shape index (κ3) is 3.34. The lowest BCUT2D eigenvalue weighted by molar-refractivity contribution is -0.131. The number of carbonyl (C=O) groups is 1. The number of hydrogen-bond donors (Lipinski definition) is 4. The van der Waals surface area contributed by atoms with Crippen LogP contribution < -0.4 is 10.6 Å². The maximum absolute atomic E-state index is 13.2. The summed E-state index contributed by atoms with van der Waals surface area (Å²) in [4.78, 5) is 14.3. The SMILES string of the molecule is Cc1ccccc1NC(=O)C1C(c2cccs2)C(=C=N)C(=S)NC1(C)O. The van der Waals surface area contributed by atoms with E-state index in [0.29, 0.717) is 11.3 Å². The van der Waals surface area contributed by atoms with Crippen molar-refractivity contribution in [3.63, 3.8) is 0 Å². The van der Waals surface area contributed by atoms with Gasteiger partial charge in [0.25, 0.3) is 0 Å². The van der Waals surface area contributed by atoms with E-state index in [1.54, 1.807) is 0 Å². The zero-order valence-electron chi connectivity index (χ0n) is 14.4. The van der Waals surface area contributed by atoms with Crippen molar-refractivity contribution in [2.75, 3.05) is 5.32 Å². The molecule has 0 bridgehead atoms. The van der Waals surface area contributed by atoms with E-state index in [2.05, 4.69) is 16.5 Å². The first kappa shape index (κ1) is 18.5. The van der Waals surface area contributed by atoms with Crippen LogP contribution in [0.4, 0.5) is 5.69 Å². The molecule has 1 amide bonds. The topological polar surface area (TPSA) is 85.2 Å². The maximum Gasteiger partial charge on any atom is 0.233 e. The molecule has 1 aromatic carbocycles. The highest BCUT2D eigenvalue weighted by molar-refractivity contribution is 7.80. The Hall–Kier alpha value is -2.31. The Morgan fingerprint density at radius 3 is 2.73 bits per heavy atom. The number of para-hydroxylation sites is 1. The molecule has 1 saturated heterocycles. The molecular formula is C19H19N3O2S2. The number of hydrogen-bond acceptors (Lipinski definition) is 5. The standard InChI is InChI=1S/C19H19N3O2S2/c1-11-6-3-4-7-13(11)21-17(23)16-15(14-8-5-9-26-14)12(10-20)18(25)22-19(16,2)24/h3-9,15-16,20,24H,1-2H3,(H,21,23)(H,22,25). The summed E-state index contributed by atoms with van der Waals surface area (Å²) in [5.41, 5.74) is 0.458. The largest absolute Gasteiger partial charge is 0.370 e. The van der Waals surface area contributed by atoms with E-state index < -0.39 is 17.6 Å². The van der Waals surface area contributed by atoms with Crippen molar-refractivity contribution in [2.24, 2.45) is 5.92 Å². The van der Waals surface area contributed by atoms with Crippen molar-refractivity contribution < 1.29 is 9.90 Å². The summed E-state index contributed by atoms with van der Waals surface area (Å²) in [6, 6.07) is 11.2. The van der Waals surface area contributed by atoms with Crippen LogP contribution in [-0.4, -0.2) is 27.6 Å². The quantitative estimate of drug-likeness (QED) is 0.371. The van der Waals surface area contributed by atoms with Gasteiger partial charge in [0.2, 0.25) is 5.91 Å². The number of nitrogens with one attached hydrogen (secondary N) is 3. The predicted molar refractivity (Wildman–Crippen MR) is 108 cm³/mol. The summed E-state index contributed by atoms with van der Waals surface area (Å²) >= 11 is 6.76. The van der Waals surface area contributed by atoms with E-state index >= 15 is 0 Å². The van der Waals surface area contributed by atoms with Gasteiger partial charge < -0.3 is 15.7 Å². The molecule has 1 aliphatic heterocycles. The summed E-state index contributed by atoms with van der Waals surface area (Å²) < 4.78 is 0. The number of thiocarbonyl (C=S) groups is 1. The molecule has 1 aliphatic rings. The van der Waals surface area contributed by atoms with Gasteiger partial charge in [0, 0.05) is 16.5 Å². The van der Waals surface area contributed by atoms with E-state index in [9.17, 15) is 9.90 Å². The van der Waals surface area contributed by atoms with E-state index in [1.807, 2.05) is 48.7 Å². The first-order chi connectivity index (χ1) is 12.3. The molecule has 0 radical (unpaired) electrons. The zero-order chi connectivity index (χ0) is 18.9. The Labute approximate surface area is 161 Å². The minimum Gasteiger partial charge on any atom is -0.370 e. The molecule has 7 heteroatoms. The first-order valence-corrected chi connectivity index (χ1v) is 9.38. The van der Waals surface area contributed by atoms with Crippen LogP contribution in [0.2, 0.25) is 0 Å². The molecule has 5 nitrogen and oxygen atoms in total. The van der Waals surface area contributed by atoms with E-state index in [1.165, 1.54) is 18.3 Å². The Balaban J connectivity index is 2.05. The van der Waals surface area contributed by atoms with Gasteiger partial charge in [-0.15, -0.1) is 11.3 Å². The molecule has 0 aliphatic carbocycles. The minimum absolute atomic E-state index is 0.239. The minimum atomic E-state index is -1.56. The molecule has 3 unspecified atom stereocenters. The highest BCUT2D eigenvalue weighted by atomic mass is 32.1. The lowest BCUT2D eigenvalue weighted by Gasteiger charge is -2.43. The maximum atomic E-state index is 13.2.